The van der Waals surface area contributed by atoms with Gasteiger partial charge in [0.2, 0.25) is 10.0 Å². The number of ether oxygens (including phenoxy) is 1. The van der Waals surface area contributed by atoms with Gasteiger partial charge in [-0.1, -0.05) is 0 Å². The van der Waals surface area contributed by atoms with Crippen molar-refractivity contribution in [2.75, 3.05) is 24.6 Å². The number of aliphatic hydroxyl groups is 2. The van der Waals surface area contributed by atoms with Crippen molar-refractivity contribution in [1.82, 2.24) is 24.2 Å². The minimum absolute atomic E-state index is 0.124. The summed E-state index contributed by atoms with van der Waals surface area (Å²) >= 11 is 0. The summed E-state index contributed by atoms with van der Waals surface area (Å²) in [7, 11) is -3.54. The molecule has 2 aromatic heterocycles. The Kier molecular flexibility index (Phi) is 5.36. The fraction of sp³-hybridized carbons (Fsp3) is 0.615. The number of imidazole rings is 1. The van der Waals surface area contributed by atoms with Gasteiger partial charge in [0.15, 0.2) is 17.7 Å². The molecule has 0 bridgehead atoms. The lowest BCUT2D eigenvalue weighted by atomic mass is 10.1. The van der Waals surface area contributed by atoms with E-state index in [0.717, 1.165) is 0 Å². The van der Waals surface area contributed by atoms with Gasteiger partial charge in [-0.05, 0) is 13.0 Å². The van der Waals surface area contributed by atoms with Gasteiger partial charge in [0.05, 0.1) is 12.1 Å². The number of nitrogen functional groups attached to an aromatic ring is 1. The van der Waals surface area contributed by atoms with E-state index in [9.17, 15) is 18.6 Å². The van der Waals surface area contributed by atoms with Gasteiger partial charge in [0, 0.05) is 6.54 Å². The maximum absolute atomic E-state index is 11.8. The zero-order valence-corrected chi connectivity index (χ0v) is 14.6. The van der Waals surface area contributed by atoms with Gasteiger partial charge in [-0.2, -0.15) is 0 Å². The molecule has 1 aliphatic heterocycles. The number of nitrogens with zero attached hydrogens (tertiary/aromatic N) is 4. The van der Waals surface area contributed by atoms with Crippen molar-refractivity contribution in [3.8, 4) is 0 Å². The number of sulfonamides is 1. The van der Waals surface area contributed by atoms with Crippen LogP contribution in [0.2, 0.25) is 0 Å². The van der Waals surface area contributed by atoms with E-state index in [1.54, 1.807) is 0 Å². The minimum Gasteiger partial charge on any atom is -0.387 e. The monoisotopic (exact) mass is 387 g/mol. The number of rotatable bonds is 7. The molecule has 144 valence electrons. The summed E-state index contributed by atoms with van der Waals surface area (Å²) in [5.74, 6) is 0.0479. The first-order valence-corrected chi connectivity index (χ1v) is 9.61. The second kappa shape index (κ2) is 7.38. The van der Waals surface area contributed by atoms with Crippen LogP contribution in [0.3, 0.4) is 0 Å². The maximum atomic E-state index is 11.8. The number of hydrogen-bond acceptors (Lipinski definition) is 10. The van der Waals surface area contributed by atoms with Crippen molar-refractivity contribution in [3.63, 3.8) is 0 Å². The smallest absolute Gasteiger partial charge is 0.211 e. The highest BCUT2D eigenvalue weighted by Gasteiger charge is 2.44. The fourth-order valence-electron chi connectivity index (χ4n) is 2.74. The molecule has 12 nitrogen and oxygen atoms in total. The van der Waals surface area contributed by atoms with Crippen molar-refractivity contribution in [2.24, 2.45) is 5.73 Å². The molecule has 3 rings (SSSR count). The molecule has 3 heterocycles. The normalized spacial score (nSPS) is 26.6. The molecule has 0 aliphatic carbocycles. The zero-order chi connectivity index (χ0) is 18.9. The topological polar surface area (TPSA) is 191 Å². The minimum atomic E-state index is -3.54. The maximum Gasteiger partial charge on any atom is 0.211 e. The Hall–Kier alpha value is -1.90. The summed E-state index contributed by atoms with van der Waals surface area (Å²) in [6.07, 6.45) is -1.62. The first kappa shape index (κ1) is 18.9. The number of anilines is 1. The van der Waals surface area contributed by atoms with E-state index in [2.05, 4.69) is 19.7 Å². The Labute approximate surface area is 149 Å². The molecule has 1 saturated heterocycles. The van der Waals surface area contributed by atoms with Gasteiger partial charge in [0.1, 0.15) is 30.2 Å². The standard InChI is InChI=1S/C13H21N7O5S/c14-2-1-3-26(23,24)19-4-7-9(21)10(22)13(25-7)20-6-18-8-11(15)16-5-17-12(8)20/h5-7,9-10,13,19,21-22H,1-4,14H2,(H2,15,16,17)/t7-,9-,10-,13-/m1/s1. The molecule has 4 atom stereocenters. The van der Waals surface area contributed by atoms with Crippen LogP contribution in [0.4, 0.5) is 5.82 Å². The lowest BCUT2D eigenvalue weighted by Crippen LogP contribution is -2.40. The van der Waals surface area contributed by atoms with E-state index in [1.165, 1.54) is 17.2 Å². The van der Waals surface area contributed by atoms with Crippen molar-refractivity contribution >= 4 is 27.0 Å². The molecule has 0 aromatic carbocycles. The Morgan fingerprint density at radius 2 is 2.04 bits per heavy atom. The molecule has 1 fully saturated rings. The average molecular weight is 387 g/mol. The summed E-state index contributed by atoms with van der Waals surface area (Å²) in [6.45, 7) is 0.0638. The third-order valence-electron chi connectivity index (χ3n) is 4.12. The van der Waals surface area contributed by atoms with E-state index in [1.807, 2.05) is 0 Å². The molecule has 0 amide bonds. The molecular formula is C13H21N7O5S. The summed E-state index contributed by atoms with van der Waals surface area (Å²) in [6, 6.07) is 0. The van der Waals surface area contributed by atoms with Crippen molar-refractivity contribution in [1.29, 1.82) is 0 Å². The highest BCUT2D eigenvalue weighted by molar-refractivity contribution is 7.89. The summed E-state index contributed by atoms with van der Waals surface area (Å²) < 4.78 is 33.1. The quantitative estimate of drug-likeness (QED) is 0.334. The first-order valence-electron chi connectivity index (χ1n) is 7.96. The van der Waals surface area contributed by atoms with Crippen molar-refractivity contribution in [2.45, 2.75) is 31.0 Å². The first-order chi connectivity index (χ1) is 12.3. The van der Waals surface area contributed by atoms with Crippen LogP contribution < -0.4 is 16.2 Å². The van der Waals surface area contributed by atoms with Gasteiger partial charge < -0.3 is 26.4 Å². The van der Waals surface area contributed by atoms with Crippen LogP contribution in [0.5, 0.6) is 0 Å². The molecule has 0 saturated carbocycles. The van der Waals surface area contributed by atoms with Gasteiger partial charge >= 0.3 is 0 Å². The number of nitrogens with one attached hydrogen (secondary N) is 1. The lowest BCUT2D eigenvalue weighted by molar-refractivity contribution is -0.0330. The van der Waals surface area contributed by atoms with Crippen molar-refractivity contribution in [3.05, 3.63) is 12.7 Å². The van der Waals surface area contributed by atoms with Gasteiger partial charge in [0.25, 0.3) is 0 Å². The van der Waals surface area contributed by atoms with Crippen LogP contribution in [0.1, 0.15) is 12.6 Å². The number of hydrogen-bond donors (Lipinski definition) is 5. The third kappa shape index (κ3) is 3.62. The Bertz CT molecular complexity index is 873. The van der Waals surface area contributed by atoms with Crippen LogP contribution in [0.15, 0.2) is 12.7 Å². The highest BCUT2D eigenvalue weighted by atomic mass is 32.2. The molecule has 0 radical (unpaired) electrons. The van der Waals surface area contributed by atoms with E-state index in [4.69, 9.17) is 16.2 Å². The Morgan fingerprint density at radius 3 is 2.77 bits per heavy atom. The number of nitrogens with two attached hydrogens (primary N) is 2. The molecule has 26 heavy (non-hydrogen) atoms. The van der Waals surface area contributed by atoms with Crippen LogP contribution in [-0.2, 0) is 14.8 Å². The third-order valence-corrected chi connectivity index (χ3v) is 5.55. The zero-order valence-electron chi connectivity index (χ0n) is 13.8. The van der Waals surface area contributed by atoms with Gasteiger partial charge in [-0.15, -0.1) is 0 Å². The summed E-state index contributed by atoms with van der Waals surface area (Å²) in [5.41, 5.74) is 11.7. The molecular weight excluding hydrogens is 366 g/mol. The molecule has 0 spiro atoms. The van der Waals surface area contributed by atoms with E-state index in [-0.39, 0.29) is 24.7 Å². The largest absolute Gasteiger partial charge is 0.387 e. The van der Waals surface area contributed by atoms with Crippen LogP contribution >= 0.6 is 0 Å². The molecule has 7 N–H and O–H groups in total. The Balaban J connectivity index is 1.74. The average Bonchev–Trinajstić information content (AvgIpc) is 3.15. The summed E-state index contributed by atoms with van der Waals surface area (Å²) in [4.78, 5) is 12.0. The van der Waals surface area contributed by atoms with Crippen LogP contribution in [0, 0.1) is 0 Å². The molecule has 1 aliphatic rings. The number of aromatic nitrogens is 4. The van der Waals surface area contributed by atoms with Crippen molar-refractivity contribution < 1.29 is 23.4 Å². The second-order valence-corrected chi connectivity index (χ2v) is 7.87. The second-order valence-electron chi connectivity index (χ2n) is 5.94. The van der Waals surface area contributed by atoms with Gasteiger partial charge in [-0.3, -0.25) is 4.57 Å². The number of aliphatic hydroxyl groups excluding tert-OH is 2. The van der Waals surface area contributed by atoms with Gasteiger partial charge in [-0.25, -0.2) is 28.1 Å². The van der Waals surface area contributed by atoms with E-state index >= 15 is 0 Å². The highest BCUT2D eigenvalue weighted by Crippen LogP contribution is 2.31. The molecule has 2 aromatic rings. The summed E-state index contributed by atoms with van der Waals surface area (Å²) in [5, 5.41) is 20.5. The van der Waals surface area contributed by atoms with Crippen LogP contribution in [0.25, 0.3) is 11.2 Å². The predicted molar refractivity (Wildman–Crippen MR) is 91.1 cm³/mol. The molecule has 0 unspecified atom stereocenters. The van der Waals surface area contributed by atoms with E-state index < -0.39 is 34.6 Å². The Morgan fingerprint density at radius 1 is 1.27 bits per heavy atom. The van der Waals surface area contributed by atoms with Crippen LogP contribution in [-0.4, -0.2) is 75.3 Å². The number of fused-ring (bicyclic) bond motifs is 1. The molecule has 13 heteroatoms. The SMILES string of the molecule is NCCCS(=O)(=O)NC[C@H]1O[C@@H](n2cnc3c(N)ncnc32)[C@H](O)[C@@H]1O. The van der Waals surface area contributed by atoms with E-state index in [0.29, 0.717) is 17.6 Å². The predicted octanol–water partition coefficient (Wildman–Crippen LogP) is -2.70. The lowest BCUT2D eigenvalue weighted by Gasteiger charge is -2.16. The fourth-order valence-corrected chi connectivity index (χ4v) is 3.85.